The van der Waals surface area contributed by atoms with Crippen LogP contribution in [0.15, 0.2) is 6.20 Å². The molecular weight excluding hydrogens is 196 g/mol. The molecule has 14 heavy (non-hydrogen) atoms. The first-order valence-corrected chi connectivity index (χ1v) is 3.99. The van der Waals surface area contributed by atoms with Crippen molar-refractivity contribution < 1.29 is 18.3 Å². The standard InChI is InChI=1S/C7H9F2N3O2/c1-2-14-7(13)5-3-10-12(11-5)4-6(8)9/h3,6H,2,4H2,1H3. The Morgan fingerprint density at radius 1 is 1.71 bits per heavy atom. The molecule has 0 atom stereocenters. The summed E-state index contributed by atoms with van der Waals surface area (Å²) in [4.78, 5) is 11.8. The van der Waals surface area contributed by atoms with E-state index in [1.54, 1.807) is 6.92 Å². The normalized spacial score (nSPS) is 10.6. The molecule has 7 heteroatoms. The molecule has 1 heterocycles. The first-order valence-electron chi connectivity index (χ1n) is 3.99. The van der Waals surface area contributed by atoms with Gasteiger partial charge in [0.25, 0.3) is 6.43 Å². The van der Waals surface area contributed by atoms with Gasteiger partial charge in [-0.1, -0.05) is 0 Å². The molecule has 0 aromatic carbocycles. The monoisotopic (exact) mass is 205 g/mol. The predicted molar refractivity (Wildman–Crippen MR) is 42.0 cm³/mol. The molecule has 0 amide bonds. The van der Waals surface area contributed by atoms with Crippen LogP contribution in [0.25, 0.3) is 0 Å². The third-order valence-corrected chi connectivity index (χ3v) is 1.32. The number of halogens is 2. The maximum Gasteiger partial charge on any atom is 0.360 e. The molecule has 0 saturated heterocycles. The zero-order valence-corrected chi connectivity index (χ0v) is 7.48. The van der Waals surface area contributed by atoms with Gasteiger partial charge in [0.15, 0.2) is 5.69 Å². The quantitative estimate of drug-likeness (QED) is 0.679. The van der Waals surface area contributed by atoms with E-state index in [1.807, 2.05) is 0 Å². The fourth-order valence-corrected chi connectivity index (χ4v) is 0.807. The van der Waals surface area contributed by atoms with Crippen molar-refractivity contribution in [1.29, 1.82) is 0 Å². The van der Waals surface area contributed by atoms with Crippen LogP contribution in [0.5, 0.6) is 0 Å². The Morgan fingerprint density at radius 2 is 2.43 bits per heavy atom. The first kappa shape index (κ1) is 10.6. The maximum atomic E-state index is 11.9. The van der Waals surface area contributed by atoms with Crippen molar-refractivity contribution in [2.75, 3.05) is 6.61 Å². The lowest BCUT2D eigenvalue weighted by atomic mass is 10.5. The Balaban J connectivity index is 2.63. The van der Waals surface area contributed by atoms with E-state index in [2.05, 4.69) is 14.9 Å². The van der Waals surface area contributed by atoms with Crippen LogP contribution in [-0.4, -0.2) is 34.0 Å². The number of esters is 1. The van der Waals surface area contributed by atoms with Crippen molar-refractivity contribution in [3.8, 4) is 0 Å². The minimum Gasteiger partial charge on any atom is -0.461 e. The highest BCUT2D eigenvalue weighted by atomic mass is 19.3. The molecule has 0 aliphatic carbocycles. The summed E-state index contributed by atoms with van der Waals surface area (Å²) >= 11 is 0. The lowest BCUT2D eigenvalue weighted by Crippen LogP contribution is -2.11. The summed E-state index contributed by atoms with van der Waals surface area (Å²) in [5.74, 6) is -0.659. The van der Waals surface area contributed by atoms with Gasteiger partial charge in [-0.25, -0.2) is 13.6 Å². The fraction of sp³-hybridized carbons (Fsp3) is 0.571. The van der Waals surface area contributed by atoms with Gasteiger partial charge in [-0.3, -0.25) is 0 Å². The van der Waals surface area contributed by atoms with Crippen LogP contribution in [0.4, 0.5) is 8.78 Å². The topological polar surface area (TPSA) is 57.0 Å². The van der Waals surface area contributed by atoms with Crippen LogP contribution in [0.1, 0.15) is 17.4 Å². The largest absolute Gasteiger partial charge is 0.461 e. The Morgan fingerprint density at radius 3 is 3.00 bits per heavy atom. The number of ether oxygens (including phenoxy) is 1. The fourth-order valence-electron chi connectivity index (χ4n) is 0.807. The number of hydrogen-bond donors (Lipinski definition) is 0. The van der Waals surface area contributed by atoms with Gasteiger partial charge in [0.1, 0.15) is 6.54 Å². The van der Waals surface area contributed by atoms with Crippen LogP contribution < -0.4 is 0 Å². The van der Waals surface area contributed by atoms with E-state index in [4.69, 9.17) is 0 Å². The van der Waals surface area contributed by atoms with E-state index >= 15 is 0 Å². The second-order valence-electron chi connectivity index (χ2n) is 2.40. The minimum absolute atomic E-state index is 0.0625. The van der Waals surface area contributed by atoms with Crippen LogP contribution in [0.3, 0.4) is 0 Å². The van der Waals surface area contributed by atoms with Crippen molar-refractivity contribution in [1.82, 2.24) is 15.0 Å². The van der Waals surface area contributed by atoms with Crippen LogP contribution in [-0.2, 0) is 11.3 Å². The average Bonchev–Trinajstić information content (AvgIpc) is 2.52. The van der Waals surface area contributed by atoms with Crippen LogP contribution in [0, 0.1) is 0 Å². The first-order chi connectivity index (χ1) is 6.63. The van der Waals surface area contributed by atoms with Crippen molar-refractivity contribution in [3.05, 3.63) is 11.9 Å². The van der Waals surface area contributed by atoms with Gasteiger partial charge >= 0.3 is 5.97 Å². The smallest absolute Gasteiger partial charge is 0.360 e. The number of hydrogen-bond acceptors (Lipinski definition) is 4. The van der Waals surface area contributed by atoms with Gasteiger partial charge in [-0.2, -0.15) is 9.90 Å². The van der Waals surface area contributed by atoms with E-state index in [1.165, 1.54) is 0 Å². The van der Waals surface area contributed by atoms with Crippen LogP contribution in [0.2, 0.25) is 0 Å². The summed E-state index contributed by atoms with van der Waals surface area (Å²) in [6.45, 7) is 1.22. The van der Waals surface area contributed by atoms with E-state index in [0.29, 0.717) is 0 Å². The molecule has 0 saturated carbocycles. The Kier molecular flexibility index (Phi) is 3.49. The summed E-state index contributed by atoms with van der Waals surface area (Å²) in [6, 6.07) is 0. The summed E-state index contributed by atoms with van der Waals surface area (Å²) in [5, 5.41) is 7.00. The van der Waals surface area contributed by atoms with Gasteiger partial charge in [-0.05, 0) is 6.92 Å². The summed E-state index contributed by atoms with van der Waals surface area (Å²) < 4.78 is 28.3. The Hall–Kier alpha value is -1.53. The van der Waals surface area contributed by atoms with E-state index in [0.717, 1.165) is 11.0 Å². The molecule has 0 radical (unpaired) electrons. The van der Waals surface area contributed by atoms with Gasteiger partial charge in [0.05, 0.1) is 12.8 Å². The molecule has 78 valence electrons. The zero-order valence-electron chi connectivity index (χ0n) is 7.48. The van der Waals surface area contributed by atoms with Gasteiger partial charge in [0.2, 0.25) is 0 Å². The third-order valence-electron chi connectivity index (χ3n) is 1.32. The minimum atomic E-state index is -2.54. The highest BCUT2D eigenvalue weighted by molar-refractivity contribution is 5.86. The van der Waals surface area contributed by atoms with Crippen molar-refractivity contribution in [3.63, 3.8) is 0 Å². The lowest BCUT2D eigenvalue weighted by Gasteiger charge is -1.97. The van der Waals surface area contributed by atoms with Gasteiger partial charge in [0, 0.05) is 0 Å². The number of carbonyl (C=O) groups excluding carboxylic acids is 1. The molecule has 0 bridgehead atoms. The molecule has 5 nitrogen and oxygen atoms in total. The molecule has 0 N–H and O–H groups in total. The Bertz CT molecular complexity index is 314. The molecule has 1 rings (SSSR count). The molecular formula is C7H9F2N3O2. The highest BCUT2D eigenvalue weighted by Crippen LogP contribution is 1.99. The number of aromatic nitrogens is 3. The molecule has 0 unspecified atom stereocenters. The van der Waals surface area contributed by atoms with Crippen molar-refractivity contribution >= 4 is 5.97 Å². The maximum absolute atomic E-state index is 11.9. The number of rotatable bonds is 4. The van der Waals surface area contributed by atoms with Gasteiger partial charge in [-0.15, -0.1) is 5.10 Å². The molecule has 0 aliphatic heterocycles. The number of alkyl halides is 2. The Labute approximate surface area is 78.7 Å². The van der Waals surface area contributed by atoms with E-state index < -0.39 is 18.9 Å². The SMILES string of the molecule is CCOC(=O)c1cnn(CC(F)F)n1. The highest BCUT2D eigenvalue weighted by Gasteiger charge is 2.13. The number of carbonyl (C=O) groups is 1. The molecule has 0 fully saturated rings. The number of nitrogens with zero attached hydrogens (tertiary/aromatic N) is 3. The van der Waals surface area contributed by atoms with Crippen LogP contribution >= 0.6 is 0 Å². The van der Waals surface area contributed by atoms with E-state index in [-0.39, 0.29) is 12.3 Å². The molecule has 1 aromatic rings. The third kappa shape index (κ3) is 2.75. The lowest BCUT2D eigenvalue weighted by molar-refractivity contribution is 0.0516. The molecule has 1 aromatic heterocycles. The molecule has 0 aliphatic rings. The average molecular weight is 205 g/mol. The molecule has 0 spiro atoms. The van der Waals surface area contributed by atoms with Crippen molar-refractivity contribution in [2.45, 2.75) is 19.9 Å². The predicted octanol–water partition coefficient (Wildman–Crippen LogP) is 0.720. The second kappa shape index (κ2) is 4.64. The summed E-state index contributed by atoms with van der Waals surface area (Å²) in [5.41, 5.74) is -0.0625. The van der Waals surface area contributed by atoms with Gasteiger partial charge < -0.3 is 4.74 Å². The second-order valence-corrected chi connectivity index (χ2v) is 2.40. The van der Waals surface area contributed by atoms with Crippen molar-refractivity contribution in [2.24, 2.45) is 0 Å². The summed E-state index contributed by atoms with van der Waals surface area (Å²) in [7, 11) is 0. The summed E-state index contributed by atoms with van der Waals surface area (Å²) in [6.07, 6.45) is -1.45. The zero-order chi connectivity index (χ0) is 10.6. The van der Waals surface area contributed by atoms with E-state index in [9.17, 15) is 13.6 Å².